The molecular formula is C26H28N4O4. The highest BCUT2D eigenvalue weighted by molar-refractivity contribution is 6.12. The highest BCUT2D eigenvalue weighted by Gasteiger charge is 2.25. The van der Waals surface area contributed by atoms with Gasteiger partial charge in [0.2, 0.25) is 5.56 Å². The second kappa shape index (κ2) is 9.79. The number of nitrogens with zero attached hydrogens (tertiary/aromatic N) is 2. The molecule has 2 saturated heterocycles. The number of piperazine rings is 1. The lowest BCUT2D eigenvalue weighted by Gasteiger charge is -2.35. The van der Waals surface area contributed by atoms with Crippen LogP contribution in [0, 0.1) is 0 Å². The molecule has 2 aliphatic heterocycles. The average Bonchev–Trinajstić information content (AvgIpc) is 3.37. The van der Waals surface area contributed by atoms with Crippen molar-refractivity contribution in [3.63, 3.8) is 0 Å². The van der Waals surface area contributed by atoms with Crippen LogP contribution in [0.2, 0.25) is 0 Å². The first-order chi connectivity index (χ1) is 16.6. The number of para-hydroxylation sites is 1. The van der Waals surface area contributed by atoms with E-state index in [9.17, 15) is 14.4 Å². The van der Waals surface area contributed by atoms with Gasteiger partial charge >= 0.3 is 0 Å². The maximum Gasteiger partial charge on any atom is 0.256 e. The van der Waals surface area contributed by atoms with Crippen molar-refractivity contribution >= 4 is 28.4 Å². The topological polar surface area (TPSA) is 94.7 Å². The minimum absolute atomic E-state index is 0.0468. The minimum atomic E-state index is -0.394. The predicted molar refractivity (Wildman–Crippen MR) is 130 cm³/mol. The number of benzene rings is 2. The van der Waals surface area contributed by atoms with Gasteiger partial charge in [-0.1, -0.05) is 24.3 Å². The quantitative estimate of drug-likeness (QED) is 0.611. The summed E-state index contributed by atoms with van der Waals surface area (Å²) in [6.07, 6.45) is 2.57. The van der Waals surface area contributed by atoms with Gasteiger partial charge in [0, 0.05) is 67.6 Å². The van der Waals surface area contributed by atoms with E-state index in [-0.39, 0.29) is 11.5 Å². The first-order valence-electron chi connectivity index (χ1n) is 11.7. The zero-order chi connectivity index (χ0) is 23.5. The molecule has 8 nitrogen and oxygen atoms in total. The molecule has 2 N–H and O–H groups in total. The van der Waals surface area contributed by atoms with Crippen LogP contribution >= 0.6 is 0 Å². The number of nitrogens with one attached hydrogen (secondary N) is 2. The molecule has 176 valence electrons. The van der Waals surface area contributed by atoms with E-state index in [4.69, 9.17) is 4.74 Å². The number of ether oxygens (including phenoxy) is 1. The molecule has 34 heavy (non-hydrogen) atoms. The summed E-state index contributed by atoms with van der Waals surface area (Å²) in [5.74, 6) is -0.441. The van der Waals surface area contributed by atoms with Crippen LogP contribution in [0.5, 0.6) is 0 Å². The number of carbonyl (C=O) groups excluding carboxylic acids is 2. The third kappa shape index (κ3) is 4.88. The Bertz CT molecular complexity index is 1260. The van der Waals surface area contributed by atoms with Gasteiger partial charge in [-0.3, -0.25) is 19.3 Å². The monoisotopic (exact) mass is 460 g/mol. The Labute approximate surface area is 197 Å². The fraction of sp³-hybridized carbons (Fsp3) is 0.346. The number of hydrogen-bond donors (Lipinski definition) is 2. The van der Waals surface area contributed by atoms with Gasteiger partial charge in [0.25, 0.3) is 11.8 Å². The summed E-state index contributed by atoms with van der Waals surface area (Å²) in [7, 11) is 0. The standard InChI is InChI=1S/C26H28N4O4/c31-24-16-22(21-8-1-2-9-23(21)28-24)25(32)27-19-6-3-5-18(15-19)26(33)30-12-10-29(11-13-30)17-20-7-4-14-34-20/h1-3,5-6,8-9,15-16,20H,4,7,10-14,17H2,(H,27,32)(H,28,31)/t20-/m1/s1. The van der Waals surface area contributed by atoms with E-state index in [1.807, 2.05) is 11.0 Å². The summed E-state index contributed by atoms with van der Waals surface area (Å²) >= 11 is 0. The van der Waals surface area contributed by atoms with Crippen molar-refractivity contribution < 1.29 is 14.3 Å². The molecule has 2 amide bonds. The van der Waals surface area contributed by atoms with Gasteiger partial charge in [-0.15, -0.1) is 0 Å². The number of carbonyl (C=O) groups is 2. The van der Waals surface area contributed by atoms with Crippen LogP contribution in [-0.2, 0) is 4.74 Å². The molecule has 1 atom stereocenters. The lowest BCUT2D eigenvalue weighted by atomic mass is 10.1. The Kier molecular flexibility index (Phi) is 6.42. The van der Waals surface area contributed by atoms with Gasteiger partial charge in [0.05, 0.1) is 11.7 Å². The van der Waals surface area contributed by atoms with Gasteiger partial charge in [-0.2, -0.15) is 0 Å². The first kappa shape index (κ1) is 22.3. The van der Waals surface area contributed by atoms with E-state index in [1.54, 1.807) is 42.5 Å². The van der Waals surface area contributed by atoms with Gasteiger partial charge in [0.15, 0.2) is 0 Å². The SMILES string of the molecule is O=C(Nc1cccc(C(=O)N2CCN(C[C@H]3CCCO3)CC2)c1)c1cc(=O)[nH]c2ccccc12. The van der Waals surface area contributed by atoms with Crippen LogP contribution in [0.3, 0.4) is 0 Å². The lowest BCUT2D eigenvalue weighted by molar-refractivity contribution is 0.0432. The van der Waals surface area contributed by atoms with Gasteiger partial charge in [0.1, 0.15) is 0 Å². The molecule has 2 aromatic carbocycles. The van der Waals surface area contributed by atoms with E-state index >= 15 is 0 Å². The van der Waals surface area contributed by atoms with E-state index in [0.717, 1.165) is 39.1 Å². The summed E-state index contributed by atoms with van der Waals surface area (Å²) < 4.78 is 5.73. The summed E-state index contributed by atoms with van der Waals surface area (Å²) in [6.45, 7) is 4.78. The smallest absolute Gasteiger partial charge is 0.256 e. The van der Waals surface area contributed by atoms with Crippen molar-refractivity contribution in [3.05, 3.63) is 76.1 Å². The molecule has 0 bridgehead atoms. The molecule has 8 heteroatoms. The van der Waals surface area contributed by atoms with Crippen LogP contribution in [0.15, 0.2) is 59.4 Å². The van der Waals surface area contributed by atoms with Crippen molar-refractivity contribution in [2.45, 2.75) is 18.9 Å². The molecule has 0 saturated carbocycles. The van der Waals surface area contributed by atoms with Crippen molar-refractivity contribution in [3.8, 4) is 0 Å². The maximum absolute atomic E-state index is 13.1. The number of rotatable bonds is 5. The minimum Gasteiger partial charge on any atom is -0.377 e. The molecular weight excluding hydrogens is 432 g/mol. The number of amides is 2. The van der Waals surface area contributed by atoms with E-state index < -0.39 is 5.91 Å². The molecule has 2 aliphatic rings. The molecule has 0 radical (unpaired) electrons. The van der Waals surface area contributed by atoms with Crippen LogP contribution in [0.4, 0.5) is 5.69 Å². The van der Waals surface area contributed by atoms with Crippen molar-refractivity contribution in [1.29, 1.82) is 0 Å². The summed E-state index contributed by atoms with van der Waals surface area (Å²) in [5, 5.41) is 3.50. The highest BCUT2D eigenvalue weighted by Crippen LogP contribution is 2.19. The number of pyridine rings is 1. The number of anilines is 1. The average molecular weight is 461 g/mol. The Morgan fingerprint density at radius 3 is 2.65 bits per heavy atom. The first-order valence-corrected chi connectivity index (χ1v) is 11.7. The zero-order valence-electron chi connectivity index (χ0n) is 19.0. The second-order valence-electron chi connectivity index (χ2n) is 8.86. The molecule has 0 unspecified atom stereocenters. The van der Waals surface area contributed by atoms with Crippen LogP contribution in [0.1, 0.15) is 33.6 Å². The number of aromatic amines is 1. The maximum atomic E-state index is 13.1. The lowest BCUT2D eigenvalue weighted by Crippen LogP contribution is -2.50. The fourth-order valence-electron chi connectivity index (χ4n) is 4.71. The Morgan fingerprint density at radius 1 is 1.03 bits per heavy atom. The van der Waals surface area contributed by atoms with E-state index in [1.165, 1.54) is 6.07 Å². The molecule has 3 heterocycles. The molecule has 0 spiro atoms. The Hall–Kier alpha value is -3.49. The van der Waals surface area contributed by atoms with Crippen molar-refractivity contribution in [2.75, 3.05) is 44.6 Å². The van der Waals surface area contributed by atoms with Crippen LogP contribution in [-0.4, -0.2) is 72.0 Å². The van der Waals surface area contributed by atoms with Crippen molar-refractivity contribution in [2.24, 2.45) is 0 Å². The predicted octanol–water partition coefficient (Wildman–Crippen LogP) is 2.72. The molecule has 0 aliphatic carbocycles. The van der Waals surface area contributed by atoms with Gasteiger partial charge < -0.3 is 19.9 Å². The normalized spacial score (nSPS) is 18.8. The van der Waals surface area contributed by atoms with Crippen LogP contribution in [0.25, 0.3) is 10.9 Å². The highest BCUT2D eigenvalue weighted by atomic mass is 16.5. The second-order valence-corrected chi connectivity index (χ2v) is 8.86. The Morgan fingerprint density at radius 2 is 1.85 bits per heavy atom. The summed E-state index contributed by atoms with van der Waals surface area (Å²) in [4.78, 5) is 45.0. The summed E-state index contributed by atoms with van der Waals surface area (Å²) in [6, 6.07) is 15.4. The third-order valence-corrected chi connectivity index (χ3v) is 6.51. The number of hydrogen-bond acceptors (Lipinski definition) is 5. The number of fused-ring (bicyclic) bond motifs is 1. The van der Waals surface area contributed by atoms with Gasteiger partial charge in [-0.25, -0.2) is 0 Å². The van der Waals surface area contributed by atoms with Crippen molar-refractivity contribution in [1.82, 2.24) is 14.8 Å². The summed E-state index contributed by atoms with van der Waals surface area (Å²) in [5.41, 5.74) is 1.59. The zero-order valence-corrected chi connectivity index (χ0v) is 19.0. The molecule has 5 rings (SSSR count). The molecule has 1 aromatic heterocycles. The van der Waals surface area contributed by atoms with E-state index in [2.05, 4.69) is 15.2 Å². The third-order valence-electron chi connectivity index (χ3n) is 6.51. The largest absolute Gasteiger partial charge is 0.377 e. The molecule has 3 aromatic rings. The number of aromatic nitrogens is 1. The Balaban J connectivity index is 1.25. The fourth-order valence-corrected chi connectivity index (χ4v) is 4.71. The van der Waals surface area contributed by atoms with E-state index in [0.29, 0.717) is 46.9 Å². The molecule has 2 fully saturated rings. The van der Waals surface area contributed by atoms with Gasteiger partial charge in [-0.05, 0) is 37.1 Å². The van der Waals surface area contributed by atoms with Crippen LogP contribution < -0.4 is 10.9 Å². The number of H-pyrrole nitrogens is 1.